The Morgan fingerprint density at radius 2 is 2.12 bits per heavy atom. The summed E-state index contributed by atoms with van der Waals surface area (Å²) in [7, 11) is 0. The van der Waals surface area contributed by atoms with Crippen molar-refractivity contribution >= 4 is 5.91 Å². The lowest BCUT2D eigenvalue weighted by molar-refractivity contribution is -0.128. The molecule has 17 heavy (non-hydrogen) atoms. The van der Waals surface area contributed by atoms with Gasteiger partial charge in [-0.1, -0.05) is 37.3 Å². The van der Waals surface area contributed by atoms with Crippen LogP contribution in [0.5, 0.6) is 0 Å². The van der Waals surface area contributed by atoms with E-state index in [1.54, 1.807) is 0 Å². The molecular weight excluding hydrogens is 212 g/mol. The highest BCUT2D eigenvalue weighted by molar-refractivity contribution is 5.78. The standard InChI is InChI=1S/C14H20N2O/c1-11(8-15)13-7-14(17)16(10-13)9-12-5-3-2-4-6-12/h2-6,11,13H,7-10,15H2,1H3. The van der Waals surface area contributed by atoms with Crippen LogP contribution in [-0.2, 0) is 11.3 Å². The Labute approximate surface area is 103 Å². The lowest BCUT2D eigenvalue weighted by Crippen LogP contribution is -2.26. The third-order valence-electron chi connectivity index (χ3n) is 3.64. The average molecular weight is 232 g/mol. The van der Waals surface area contributed by atoms with Crippen molar-refractivity contribution in [1.29, 1.82) is 0 Å². The number of benzene rings is 1. The number of carbonyl (C=O) groups is 1. The van der Waals surface area contributed by atoms with Crippen LogP contribution in [0.15, 0.2) is 30.3 Å². The normalized spacial score (nSPS) is 21.9. The Balaban J connectivity index is 1.97. The first-order valence-corrected chi connectivity index (χ1v) is 6.22. The second kappa shape index (κ2) is 5.32. The molecule has 1 amide bonds. The molecule has 3 nitrogen and oxygen atoms in total. The van der Waals surface area contributed by atoms with E-state index >= 15 is 0 Å². The molecule has 1 aromatic rings. The van der Waals surface area contributed by atoms with Gasteiger partial charge < -0.3 is 10.6 Å². The van der Waals surface area contributed by atoms with Crippen LogP contribution < -0.4 is 5.73 Å². The molecule has 0 saturated carbocycles. The fraction of sp³-hybridized carbons (Fsp3) is 0.500. The highest BCUT2D eigenvalue weighted by atomic mass is 16.2. The maximum Gasteiger partial charge on any atom is 0.223 e. The summed E-state index contributed by atoms with van der Waals surface area (Å²) in [6, 6.07) is 10.1. The van der Waals surface area contributed by atoms with Crippen LogP contribution in [0.4, 0.5) is 0 Å². The minimum atomic E-state index is 0.263. The van der Waals surface area contributed by atoms with E-state index in [9.17, 15) is 4.79 Å². The van der Waals surface area contributed by atoms with Crippen molar-refractivity contribution in [2.45, 2.75) is 19.9 Å². The van der Waals surface area contributed by atoms with Crippen molar-refractivity contribution in [1.82, 2.24) is 4.90 Å². The summed E-state index contributed by atoms with van der Waals surface area (Å²) in [5.41, 5.74) is 6.86. The maximum atomic E-state index is 11.9. The van der Waals surface area contributed by atoms with E-state index in [1.807, 2.05) is 23.1 Å². The number of nitrogens with two attached hydrogens (primary N) is 1. The number of hydrogen-bond donors (Lipinski definition) is 1. The molecule has 2 unspecified atom stereocenters. The minimum absolute atomic E-state index is 0.263. The number of rotatable bonds is 4. The fourth-order valence-corrected chi connectivity index (χ4v) is 2.33. The Bertz CT molecular complexity index is 377. The van der Waals surface area contributed by atoms with Gasteiger partial charge in [0.05, 0.1) is 0 Å². The summed E-state index contributed by atoms with van der Waals surface area (Å²) in [6.45, 7) is 4.38. The summed E-state index contributed by atoms with van der Waals surface area (Å²) in [5, 5.41) is 0. The average Bonchev–Trinajstić information content (AvgIpc) is 2.71. The van der Waals surface area contributed by atoms with Gasteiger partial charge in [0.15, 0.2) is 0 Å². The van der Waals surface area contributed by atoms with Gasteiger partial charge in [-0.3, -0.25) is 4.79 Å². The SMILES string of the molecule is CC(CN)C1CC(=O)N(Cc2ccccc2)C1. The Hall–Kier alpha value is -1.35. The summed E-state index contributed by atoms with van der Waals surface area (Å²) in [4.78, 5) is 13.8. The van der Waals surface area contributed by atoms with Crippen molar-refractivity contribution < 1.29 is 4.79 Å². The molecule has 0 spiro atoms. The molecule has 1 heterocycles. The molecule has 92 valence electrons. The molecule has 3 heteroatoms. The molecule has 1 aliphatic rings. The Kier molecular flexibility index (Phi) is 3.79. The number of amides is 1. The van der Waals surface area contributed by atoms with Crippen molar-refractivity contribution in [3.05, 3.63) is 35.9 Å². The van der Waals surface area contributed by atoms with E-state index in [0.29, 0.717) is 24.8 Å². The molecule has 0 aliphatic carbocycles. The molecule has 0 aromatic heterocycles. The lowest BCUT2D eigenvalue weighted by atomic mass is 9.93. The van der Waals surface area contributed by atoms with E-state index in [2.05, 4.69) is 19.1 Å². The molecule has 1 saturated heterocycles. The van der Waals surface area contributed by atoms with Gasteiger partial charge in [-0.25, -0.2) is 0 Å². The lowest BCUT2D eigenvalue weighted by Gasteiger charge is -2.19. The van der Waals surface area contributed by atoms with Crippen LogP contribution >= 0.6 is 0 Å². The van der Waals surface area contributed by atoms with Gasteiger partial charge >= 0.3 is 0 Å². The maximum absolute atomic E-state index is 11.9. The zero-order valence-corrected chi connectivity index (χ0v) is 10.3. The number of nitrogens with zero attached hydrogens (tertiary/aromatic N) is 1. The highest BCUT2D eigenvalue weighted by Gasteiger charge is 2.32. The number of carbonyl (C=O) groups excluding carboxylic acids is 1. The summed E-state index contributed by atoms with van der Waals surface area (Å²) >= 11 is 0. The molecule has 2 atom stereocenters. The van der Waals surface area contributed by atoms with Gasteiger partial charge in [-0.05, 0) is 23.9 Å². The summed E-state index contributed by atoms with van der Waals surface area (Å²) in [6.07, 6.45) is 0.658. The molecular formula is C14H20N2O. The predicted octanol–water partition coefficient (Wildman–Crippen LogP) is 1.63. The highest BCUT2D eigenvalue weighted by Crippen LogP contribution is 2.25. The van der Waals surface area contributed by atoms with Crippen LogP contribution in [0.3, 0.4) is 0 Å². The minimum Gasteiger partial charge on any atom is -0.338 e. The van der Waals surface area contributed by atoms with E-state index < -0.39 is 0 Å². The van der Waals surface area contributed by atoms with Crippen molar-refractivity contribution in [3.8, 4) is 0 Å². The van der Waals surface area contributed by atoms with Crippen molar-refractivity contribution in [2.75, 3.05) is 13.1 Å². The van der Waals surface area contributed by atoms with E-state index in [1.165, 1.54) is 5.56 Å². The van der Waals surface area contributed by atoms with Crippen molar-refractivity contribution in [3.63, 3.8) is 0 Å². The molecule has 0 radical (unpaired) electrons. The van der Waals surface area contributed by atoms with Crippen LogP contribution in [0.25, 0.3) is 0 Å². The van der Waals surface area contributed by atoms with Gasteiger partial charge in [0.1, 0.15) is 0 Å². The zero-order chi connectivity index (χ0) is 12.3. The van der Waals surface area contributed by atoms with Crippen LogP contribution in [0.1, 0.15) is 18.9 Å². The first-order chi connectivity index (χ1) is 8.20. The molecule has 0 bridgehead atoms. The molecule has 2 N–H and O–H groups in total. The van der Waals surface area contributed by atoms with Crippen LogP contribution in [0.2, 0.25) is 0 Å². The molecule has 1 aliphatic heterocycles. The topological polar surface area (TPSA) is 46.3 Å². The second-order valence-corrected chi connectivity index (χ2v) is 4.94. The Morgan fingerprint density at radius 3 is 2.76 bits per heavy atom. The quantitative estimate of drug-likeness (QED) is 0.857. The zero-order valence-electron chi connectivity index (χ0n) is 10.3. The third-order valence-corrected chi connectivity index (χ3v) is 3.64. The summed E-state index contributed by atoms with van der Waals surface area (Å²) in [5.74, 6) is 1.12. The van der Waals surface area contributed by atoms with E-state index in [4.69, 9.17) is 5.73 Å². The molecule has 1 aromatic carbocycles. The first kappa shape index (κ1) is 12.1. The number of likely N-dealkylation sites (tertiary alicyclic amines) is 1. The Morgan fingerprint density at radius 1 is 1.41 bits per heavy atom. The second-order valence-electron chi connectivity index (χ2n) is 4.94. The summed E-state index contributed by atoms with van der Waals surface area (Å²) < 4.78 is 0. The third kappa shape index (κ3) is 2.86. The van der Waals surface area contributed by atoms with Gasteiger partial charge in [0.25, 0.3) is 0 Å². The molecule has 1 fully saturated rings. The monoisotopic (exact) mass is 232 g/mol. The number of hydrogen-bond acceptors (Lipinski definition) is 2. The molecule has 2 rings (SSSR count). The van der Waals surface area contributed by atoms with Gasteiger partial charge in [-0.15, -0.1) is 0 Å². The smallest absolute Gasteiger partial charge is 0.223 e. The van der Waals surface area contributed by atoms with Gasteiger partial charge in [0.2, 0.25) is 5.91 Å². The van der Waals surface area contributed by atoms with Gasteiger partial charge in [0, 0.05) is 19.5 Å². The fourth-order valence-electron chi connectivity index (χ4n) is 2.33. The largest absolute Gasteiger partial charge is 0.338 e. The first-order valence-electron chi connectivity index (χ1n) is 6.22. The van der Waals surface area contributed by atoms with E-state index in [0.717, 1.165) is 13.1 Å². The predicted molar refractivity (Wildman–Crippen MR) is 68.2 cm³/mol. The van der Waals surface area contributed by atoms with Crippen LogP contribution in [-0.4, -0.2) is 23.9 Å². The van der Waals surface area contributed by atoms with E-state index in [-0.39, 0.29) is 5.91 Å². The van der Waals surface area contributed by atoms with Gasteiger partial charge in [-0.2, -0.15) is 0 Å². The van der Waals surface area contributed by atoms with Crippen molar-refractivity contribution in [2.24, 2.45) is 17.6 Å². The van der Waals surface area contributed by atoms with Crippen LogP contribution in [0, 0.1) is 11.8 Å².